The van der Waals surface area contributed by atoms with Gasteiger partial charge < -0.3 is 10.1 Å². The summed E-state index contributed by atoms with van der Waals surface area (Å²) in [6.45, 7) is 3.84. The van der Waals surface area contributed by atoms with Crippen LogP contribution in [0.3, 0.4) is 0 Å². The summed E-state index contributed by atoms with van der Waals surface area (Å²) in [7, 11) is 0. The smallest absolute Gasteiger partial charge is 0.359 e. The number of rotatable bonds is 8. The number of nitrogens with zero attached hydrogens (tertiary/aromatic N) is 2. The van der Waals surface area contributed by atoms with Gasteiger partial charge in [0, 0.05) is 22.6 Å². The summed E-state index contributed by atoms with van der Waals surface area (Å²) in [5, 5.41) is 8.18. The van der Waals surface area contributed by atoms with Crippen LogP contribution in [0.25, 0.3) is 10.8 Å². The number of carbonyl (C=O) groups excluding carboxylic acids is 2. The molecule has 0 aliphatic carbocycles. The summed E-state index contributed by atoms with van der Waals surface area (Å²) in [4.78, 5) is 37.6. The highest BCUT2D eigenvalue weighted by Gasteiger charge is 2.19. The van der Waals surface area contributed by atoms with E-state index in [0.717, 1.165) is 24.8 Å². The molecule has 1 aromatic heterocycles. The average molecular weight is 442 g/mol. The standard InChI is InChI=1S/C23H24ClN3O4/c1-3-4-7-12-27-22(29)18-9-6-5-8-17(18)21(26-27)23(30)31-14-20(28)25-16-11-10-15(2)19(24)13-16/h5-6,8-11,13H,3-4,7,12,14H2,1-2H3,(H,25,28). The number of unbranched alkanes of at least 4 members (excludes halogenated alkanes) is 2. The lowest BCUT2D eigenvalue weighted by molar-refractivity contribution is -0.119. The zero-order chi connectivity index (χ0) is 22.4. The number of ether oxygens (including phenoxy) is 1. The van der Waals surface area contributed by atoms with Gasteiger partial charge in [0.25, 0.3) is 11.5 Å². The van der Waals surface area contributed by atoms with Crippen LogP contribution in [0.5, 0.6) is 0 Å². The molecule has 0 unspecified atom stereocenters. The van der Waals surface area contributed by atoms with Crippen LogP contribution in [-0.2, 0) is 16.1 Å². The Morgan fingerprint density at radius 3 is 2.58 bits per heavy atom. The molecule has 0 saturated heterocycles. The van der Waals surface area contributed by atoms with Crippen LogP contribution >= 0.6 is 11.6 Å². The lowest BCUT2D eigenvalue weighted by Gasteiger charge is -2.11. The molecule has 0 aliphatic heterocycles. The summed E-state index contributed by atoms with van der Waals surface area (Å²) in [5.41, 5.74) is 1.15. The quantitative estimate of drug-likeness (QED) is 0.414. The molecule has 0 aliphatic rings. The first-order chi connectivity index (χ1) is 14.9. The van der Waals surface area contributed by atoms with E-state index >= 15 is 0 Å². The first kappa shape index (κ1) is 22.5. The number of amides is 1. The molecule has 0 atom stereocenters. The minimum Gasteiger partial charge on any atom is -0.451 e. The Balaban J connectivity index is 1.76. The topological polar surface area (TPSA) is 90.3 Å². The van der Waals surface area contributed by atoms with E-state index < -0.39 is 18.5 Å². The van der Waals surface area contributed by atoms with E-state index in [9.17, 15) is 14.4 Å². The van der Waals surface area contributed by atoms with Gasteiger partial charge in [0.05, 0.1) is 5.39 Å². The van der Waals surface area contributed by atoms with Crippen LogP contribution < -0.4 is 10.9 Å². The monoisotopic (exact) mass is 441 g/mol. The van der Waals surface area contributed by atoms with Gasteiger partial charge in [-0.25, -0.2) is 9.48 Å². The number of carbonyl (C=O) groups is 2. The lowest BCUT2D eigenvalue weighted by Crippen LogP contribution is -2.28. The van der Waals surface area contributed by atoms with E-state index in [1.807, 2.05) is 6.92 Å². The number of nitrogens with one attached hydrogen (secondary N) is 1. The predicted molar refractivity (Wildman–Crippen MR) is 121 cm³/mol. The Morgan fingerprint density at radius 1 is 1.13 bits per heavy atom. The highest BCUT2D eigenvalue weighted by Crippen LogP contribution is 2.20. The molecule has 1 amide bonds. The Morgan fingerprint density at radius 2 is 1.87 bits per heavy atom. The number of aryl methyl sites for hydroxylation is 2. The molecule has 162 valence electrons. The van der Waals surface area contributed by atoms with Crippen LogP contribution in [0.1, 0.15) is 42.2 Å². The second-order valence-corrected chi connectivity index (χ2v) is 7.63. The Bertz CT molecular complexity index is 1170. The van der Waals surface area contributed by atoms with E-state index in [1.54, 1.807) is 42.5 Å². The van der Waals surface area contributed by atoms with Crippen molar-refractivity contribution in [3.8, 4) is 0 Å². The van der Waals surface area contributed by atoms with E-state index in [-0.39, 0.29) is 11.3 Å². The van der Waals surface area contributed by atoms with Gasteiger partial charge in [0.1, 0.15) is 0 Å². The molecule has 0 fully saturated rings. The molecule has 0 spiro atoms. The van der Waals surface area contributed by atoms with E-state index in [2.05, 4.69) is 17.3 Å². The first-order valence-electron chi connectivity index (χ1n) is 10.1. The largest absolute Gasteiger partial charge is 0.451 e. The number of fused-ring (bicyclic) bond motifs is 1. The fraction of sp³-hybridized carbons (Fsp3) is 0.304. The second-order valence-electron chi connectivity index (χ2n) is 7.22. The number of aromatic nitrogens is 2. The van der Waals surface area contributed by atoms with Crippen LogP contribution in [0.2, 0.25) is 5.02 Å². The van der Waals surface area contributed by atoms with Crippen LogP contribution in [-0.4, -0.2) is 28.3 Å². The van der Waals surface area contributed by atoms with Gasteiger partial charge in [0.2, 0.25) is 0 Å². The zero-order valence-corrected chi connectivity index (χ0v) is 18.2. The minimum absolute atomic E-state index is 0.0119. The van der Waals surface area contributed by atoms with Crippen LogP contribution in [0, 0.1) is 6.92 Å². The van der Waals surface area contributed by atoms with Gasteiger partial charge in [-0.05, 0) is 37.1 Å². The molecule has 8 heteroatoms. The molecule has 3 rings (SSSR count). The van der Waals surface area contributed by atoms with Crippen molar-refractivity contribution in [3.05, 3.63) is 69.1 Å². The minimum atomic E-state index is -0.766. The molecule has 3 aromatic rings. The average Bonchev–Trinajstić information content (AvgIpc) is 2.76. The summed E-state index contributed by atoms with van der Waals surface area (Å²) < 4.78 is 6.48. The fourth-order valence-electron chi connectivity index (χ4n) is 3.12. The van der Waals surface area contributed by atoms with Crippen LogP contribution in [0.4, 0.5) is 5.69 Å². The number of hydrogen-bond donors (Lipinski definition) is 1. The molecular weight excluding hydrogens is 418 g/mol. The molecule has 31 heavy (non-hydrogen) atoms. The maximum Gasteiger partial charge on any atom is 0.359 e. The van der Waals surface area contributed by atoms with Gasteiger partial charge in [-0.15, -0.1) is 0 Å². The van der Waals surface area contributed by atoms with Crippen molar-refractivity contribution in [1.82, 2.24) is 9.78 Å². The predicted octanol–water partition coefficient (Wildman–Crippen LogP) is 4.34. The van der Waals surface area contributed by atoms with Crippen molar-refractivity contribution in [2.24, 2.45) is 0 Å². The van der Waals surface area contributed by atoms with Crippen molar-refractivity contribution < 1.29 is 14.3 Å². The van der Waals surface area contributed by atoms with Crippen molar-refractivity contribution >= 4 is 39.9 Å². The molecule has 1 N–H and O–H groups in total. The maximum absolute atomic E-state index is 12.7. The Hall–Kier alpha value is -3.19. The van der Waals surface area contributed by atoms with Crippen LogP contribution in [0.15, 0.2) is 47.3 Å². The number of esters is 1. The fourth-order valence-corrected chi connectivity index (χ4v) is 3.30. The summed E-state index contributed by atoms with van der Waals surface area (Å²) >= 11 is 6.06. The Labute approximate surface area is 185 Å². The summed E-state index contributed by atoms with van der Waals surface area (Å²) in [6, 6.07) is 11.9. The zero-order valence-electron chi connectivity index (χ0n) is 17.5. The second kappa shape index (κ2) is 10.2. The van der Waals surface area contributed by atoms with Gasteiger partial charge >= 0.3 is 5.97 Å². The van der Waals surface area contributed by atoms with Gasteiger partial charge in [-0.1, -0.05) is 55.6 Å². The first-order valence-corrected chi connectivity index (χ1v) is 10.5. The SMILES string of the molecule is CCCCCn1nc(C(=O)OCC(=O)Nc2ccc(C)c(Cl)c2)c2ccccc2c1=O. The molecule has 1 heterocycles. The van der Waals surface area contributed by atoms with E-state index in [1.165, 1.54) is 4.68 Å². The van der Waals surface area contributed by atoms with Crippen molar-refractivity contribution in [1.29, 1.82) is 0 Å². The van der Waals surface area contributed by atoms with E-state index in [4.69, 9.17) is 16.3 Å². The third-order valence-corrected chi connectivity index (χ3v) is 5.23. The molecule has 7 nitrogen and oxygen atoms in total. The highest BCUT2D eigenvalue weighted by molar-refractivity contribution is 6.31. The highest BCUT2D eigenvalue weighted by atomic mass is 35.5. The summed E-state index contributed by atoms with van der Waals surface area (Å²) in [6.07, 6.45) is 2.72. The number of halogens is 1. The molecule has 0 saturated carbocycles. The van der Waals surface area contributed by atoms with Crippen molar-refractivity contribution in [2.45, 2.75) is 39.7 Å². The summed E-state index contributed by atoms with van der Waals surface area (Å²) in [5.74, 6) is -1.27. The number of anilines is 1. The number of benzene rings is 2. The third-order valence-electron chi connectivity index (χ3n) is 4.82. The maximum atomic E-state index is 12.7. The molecule has 2 aromatic carbocycles. The van der Waals surface area contributed by atoms with E-state index in [0.29, 0.717) is 28.0 Å². The molecule has 0 radical (unpaired) electrons. The third kappa shape index (κ3) is 5.49. The van der Waals surface area contributed by atoms with Gasteiger partial charge in [-0.3, -0.25) is 9.59 Å². The van der Waals surface area contributed by atoms with Gasteiger partial charge in [-0.2, -0.15) is 5.10 Å². The number of hydrogen-bond acceptors (Lipinski definition) is 5. The normalized spacial score (nSPS) is 10.8. The van der Waals surface area contributed by atoms with Crippen molar-refractivity contribution in [3.63, 3.8) is 0 Å². The molecule has 0 bridgehead atoms. The van der Waals surface area contributed by atoms with Gasteiger partial charge in [0.15, 0.2) is 12.3 Å². The van der Waals surface area contributed by atoms with Crippen molar-refractivity contribution in [2.75, 3.05) is 11.9 Å². The Kier molecular flexibility index (Phi) is 7.41. The molecular formula is C23H24ClN3O4. The lowest BCUT2D eigenvalue weighted by atomic mass is 10.1.